The van der Waals surface area contributed by atoms with Crippen LogP contribution in [0.1, 0.15) is 61.2 Å². The summed E-state index contributed by atoms with van der Waals surface area (Å²) in [6, 6.07) is 0.872. The highest BCUT2D eigenvalue weighted by Gasteiger charge is 2.16. The molecule has 3 atom stereocenters. The van der Waals surface area contributed by atoms with E-state index in [1.54, 1.807) is 0 Å². The molecule has 0 fully saturated rings. The van der Waals surface area contributed by atoms with Crippen molar-refractivity contribution in [2.24, 2.45) is 23.7 Å². The van der Waals surface area contributed by atoms with Gasteiger partial charge in [0.05, 0.1) is 1.37 Å². The Bertz CT molecular complexity index is 230. The van der Waals surface area contributed by atoms with Gasteiger partial charge in [-0.05, 0) is 49.4 Å². The highest BCUT2D eigenvalue weighted by atomic mass is 14.2. The Morgan fingerprint density at radius 1 is 1.13 bits per heavy atom. The molecule has 15 heavy (non-hydrogen) atoms. The van der Waals surface area contributed by atoms with Gasteiger partial charge < -0.3 is 0 Å². The van der Waals surface area contributed by atoms with Gasteiger partial charge in [-0.2, -0.15) is 0 Å². The summed E-state index contributed by atoms with van der Waals surface area (Å²) in [6.45, 7) is 9.24. The van der Waals surface area contributed by atoms with Gasteiger partial charge in [0.25, 0.3) is 0 Å². The Morgan fingerprint density at radius 3 is 2.47 bits per heavy atom. The zero-order valence-electron chi connectivity index (χ0n) is 11.9. The van der Waals surface area contributed by atoms with Gasteiger partial charge in [0.15, 0.2) is 0 Å². The fraction of sp³-hybridized carbons (Fsp3) is 0.867. The Morgan fingerprint density at radius 2 is 1.80 bits per heavy atom. The third kappa shape index (κ3) is 4.86. The van der Waals surface area contributed by atoms with Crippen molar-refractivity contribution in [2.45, 2.75) is 59.8 Å². The van der Waals surface area contributed by atoms with E-state index in [4.69, 9.17) is 1.37 Å². The minimum Gasteiger partial charge on any atom is -0.0880 e. The molecule has 0 amide bonds. The maximum Gasteiger partial charge on any atom is 0.0575 e. The number of hydrogen-bond acceptors (Lipinski definition) is 0. The number of rotatable bonds is 1. The van der Waals surface area contributed by atoms with Crippen LogP contribution in [-0.2, 0) is 0 Å². The normalized spacial score (nSPS) is 35.9. The summed E-state index contributed by atoms with van der Waals surface area (Å²) in [5.41, 5.74) is 0. The molecule has 1 aliphatic carbocycles. The molecule has 0 radical (unpaired) electrons. The second-order valence-corrected chi connectivity index (χ2v) is 5.77. The van der Waals surface area contributed by atoms with Crippen molar-refractivity contribution in [3.8, 4) is 0 Å². The molecule has 0 saturated heterocycles. The minimum absolute atomic E-state index is 0.464. The second kappa shape index (κ2) is 6.35. The average molecular weight is 209 g/mol. The molecule has 1 aliphatic rings. The molecule has 0 heterocycles. The summed E-state index contributed by atoms with van der Waals surface area (Å²) in [5.74, 6) is 2.89. The lowest BCUT2D eigenvalue weighted by atomic mass is 9.82. The highest BCUT2D eigenvalue weighted by molar-refractivity contribution is 4.89. The van der Waals surface area contributed by atoms with Crippen molar-refractivity contribution < 1.29 is 1.37 Å². The lowest BCUT2D eigenvalue weighted by molar-refractivity contribution is 0.290. The minimum atomic E-state index is 0.464. The molecule has 88 valence electrons. The molecular weight excluding hydrogens is 180 g/mol. The van der Waals surface area contributed by atoms with E-state index < -0.39 is 0 Å². The molecule has 0 nitrogen and oxygen atoms in total. The average Bonchev–Trinajstić information content (AvgIpc) is 2.23. The van der Waals surface area contributed by atoms with Crippen LogP contribution in [0.2, 0.25) is 0 Å². The fourth-order valence-corrected chi connectivity index (χ4v) is 2.45. The van der Waals surface area contributed by atoms with Crippen molar-refractivity contribution >= 4 is 0 Å². The third-order valence-electron chi connectivity index (χ3n) is 3.87. The lowest BCUT2D eigenvalue weighted by Crippen LogP contribution is -2.12. The standard InChI is InChI=1S/C15H28/c1-12(2)15-10-8-13(3)6-5-7-14(4)9-11-15/h5-6,12-15H,7-11H2,1-4H3/t13-,14-,15+/m0/s1/i6D. The van der Waals surface area contributed by atoms with E-state index in [-0.39, 0.29) is 0 Å². The quantitative estimate of drug-likeness (QED) is 0.530. The lowest BCUT2D eigenvalue weighted by Gasteiger charge is -2.24. The molecule has 0 aromatic heterocycles. The Balaban J connectivity index is 2.65. The van der Waals surface area contributed by atoms with Crippen LogP contribution < -0.4 is 0 Å². The largest absolute Gasteiger partial charge is 0.0880 e. The van der Waals surface area contributed by atoms with Gasteiger partial charge in [-0.15, -0.1) is 0 Å². The maximum absolute atomic E-state index is 8.01. The molecule has 1 rings (SSSR count). The molecule has 0 aliphatic heterocycles. The van der Waals surface area contributed by atoms with Crippen LogP contribution in [0.25, 0.3) is 0 Å². The topological polar surface area (TPSA) is 0 Å². The summed E-state index contributed by atoms with van der Waals surface area (Å²) in [4.78, 5) is 0. The summed E-state index contributed by atoms with van der Waals surface area (Å²) in [7, 11) is 0. The zero-order valence-corrected chi connectivity index (χ0v) is 10.9. The molecule has 0 N–H and O–H groups in total. The molecular formula is C15H28. The van der Waals surface area contributed by atoms with E-state index in [1.807, 2.05) is 0 Å². The van der Waals surface area contributed by atoms with Crippen molar-refractivity contribution in [1.82, 2.24) is 0 Å². The van der Waals surface area contributed by atoms with E-state index in [0.717, 1.165) is 30.2 Å². The number of allylic oxidation sites excluding steroid dienone is 2. The Hall–Kier alpha value is -0.260. The van der Waals surface area contributed by atoms with E-state index in [0.29, 0.717) is 5.92 Å². The first kappa shape index (κ1) is 11.2. The van der Waals surface area contributed by atoms with Crippen LogP contribution in [0.3, 0.4) is 0 Å². The zero-order chi connectivity index (χ0) is 12.1. The van der Waals surface area contributed by atoms with Crippen molar-refractivity contribution in [3.05, 3.63) is 12.1 Å². The first-order valence-electron chi connectivity index (χ1n) is 7.17. The van der Waals surface area contributed by atoms with Crippen LogP contribution >= 0.6 is 0 Å². The van der Waals surface area contributed by atoms with Gasteiger partial charge in [-0.25, -0.2) is 0 Å². The Kier molecular flexibility index (Phi) is 4.76. The van der Waals surface area contributed by atoms with Crippen LogP contribution in [0.4, 0.5) is 0 Å². The van der Waals surface area contributed by atoms with Gasteiger partial charge in [-0.3, -0.25) is 0 Å². The predicted octanol–water partition coefficient (Wildman–Crippen LogP) is 5.05. The second-order valence-electron chi connectivity index (χ2n) is 5.77. The third-order valence-corrected chi connectivity index (χ3v) is 3.87. The SMILES string of the molecule is [2H]C1=CC[C@H](C)CC[C@H](C(C)C)CC[C@H]1C. The van der Waals surface area contributed by atoms with Crippen molar-refractivity contribution in [3.63, 3.8) is 0 Å². The van der Waals surface area contributed by atoms with E-state index in [1.165, 1.54) is 25.7 Å². The first-order valence-corrected chi connectivity index (χ1v) is 6.67. The molecule has 0 unspecified atom stereocenters. The van der Waals surface area contributed by atoms with Crippen LogP contribution in [0.5, 0.6) is 0 Å². The van der Waals surface area contributed by atoms with Gasteiger partial charge in [0.1, 0.15) is 0 Å². The Labute approximate surface area is 97.6 Å². The maximum atomic E-state index is 8.01. The molecule has 0 aromatic carbocycles. The molecule has 0 saturated carbocycles. The van der Waals surface area contributed by atoms with Gasteiger partial charge >= 0.3 is 0 Å². The van der Waals surface area contributed by atoms with E-state index >= 15 is 0 Å². The smallest absolute Gasteiger partial charge is 0.0575 e. The van der Waals surface area contributed by atoms with Crippen molar-refractivity contribution in [1.29, 1.82) is 0 Å². The number of hydrogen-bond donors (Lipinski definition) is 0. The van der Waals surface area contributed by atoms with Crippen LogP contribution in [-0.4, -0.2) is 0 Å². The monoisotopic (exact) mass is 209 g/mol. The predicted molar refractivity (Wildman–Crippen MR) is 68.9 cm³/mol. The van der Waals surface area contributed by atoms with E-state index in [9.17, 15) is 0 Å². The van der Waals surface area contributed by atoms with Crippen LogP contribution in [0.15, 0.2) is 12.1 Å². The fourth-order valence-electron chi connectivity index (χ4n) is 2.45. The molecule has 0 bridgehead atoms. The van der Waals surface area contributed by atoms with Gasteiger partial charge in [-0.1, -0.05) is 46.2 Å². The summed E-state index contributed by atoms with van der Waals surface area (Å²) < 4.78 is 8.01. The molecule has 0 spiro atoms. The van der Waals surface area contributed by atoms with Gasteiger partial charge in [0, 0.05) is 0 Å². The van der Waals surface area contributed by atoms with Crippen molar-refractivity contribution in [2.75, 3.05) is 0 Å². The molecule has 0 aromatic rings. The summed E-state index contributed by atoms with van der Waals surface area (Å²) in [5, 5.41) is 0. The highest BCUT2D eigenvalue weighted by Crippen LogP contribution is 2.28. The van der Waals surface area contributed by atoms with E-state index in [2.05, 4.69) is 33.8 Å². The molecule has 0 heteroatoms. The summed E-state index contributed by atoms with van der Waals surface area (Å²) in [6.07, 6.45) is 8.49. The summed E-state index contributed by atoms with van der Waals surface area (Å²) >= 11 is 0. The van der Waals surface area contributed by atoms with Gasteiger partial charge in [0.2, 0.25) is 0 Å². The first-order chi connectivity index (χ1) is 7.50. The van der Waals surface area contributed by atoms with Crippen LogP contribution in [0, 0.1) is 23.7 Å².